The van der Waals surface area contributed by atoms with Gasteiger partial charge < -0.3 is 15.0 Å². The minimum absolute atomic E-state index is 1.32. The number of rotatable bonds is 1. The SMILES string of the molecule is CCCC.O=C([O-])[O-]. The molecule has 0 bridgehead atoms. The van der Waals surface area contributed by atoms with E-state index >= 15 is 0 Å². The Labute approximate surface area is 49.0 Å². The summed E-state index contributed by atoms with van der Waals surface area (Å²) in [5.74, 6) is 0. The average Bonchev–Trinajstić information content (AvgIpc) is 1.65. The highest BCUT2D eigenvalue weighted by Gasteiger charge is 1.56. The highest BCUT2D eigenvalue weighted by molar-refractivity contribution is 5.47. The van der Waals surface area contributed by atoms with Crippen LogP contribution in [0.15, 0.2) is 0 Å². The van der Waals surface area contributed by atoms with E-state index in [0.29, 0.717) is 0 Å². The molecule has 0 atom stereocenters. The van der Waals surface area contributed by atoms with Crippen molar-refractivity contribution in [1.29, 1.82) is 0 Å². The van der Waals surface area contributed by atoms with Crippen molar-refractivity contribution in [2.75, 3.05) is 0 Å². The third-order valence-corrected chi connectivity index (χ3v) is 0.500. The lowest BCUT2D eigenvalue weighted by atomic mass is 10.4. The Balaban J connectivity index is 0. The molecule has 0 rings (SSSR count). The molecule has 0 aromatic carbocycles. The number of hydrogen-bond acceptors (Lipinski definition) is 3. The molecular weight excluding hydrogens is 108 g/mol. The molecule has 0 aliphatic heterocycles. The second-order valence-electron chi connectivity index (χ2n) is 1.25. The van der Waals surface area contributed by atoms with Crippen molar-refractivity contribution in [3.8, 4) is 0 Å². The van der Waals surface area contributed by atoms with Crippen LogP contribution in [-0.2, 0) is 0 Å². The zero-order chi connectivity index (χ0) is 6.99. The first-order valence-electron chi connectivity index (χ1n) is 2.53. The van der Waals surface area contributed by atoms with E-state index in [1.54, 1.807) is 0 Å². The second-order valence-corrected chi connectivity index (χ2v) is 1.25. The van der Waals surface area contributed by atoms with Gasteiger partial charge in [-0.2, -0.15) is 0 Å². The van der Waals surface area contributed by atoms with Gasteiger partial charge in [0.25, 0.3) is 0 Å². The Bertz CT molecular complexity index is 45.6. The summed E-state index contributed by atoms with van der Waals surface area (Å²) >= 11 is 0. The van der Waals surface area contributed by atoms with Crippen molar-refractivity contribution in [2.24, 2.45) is 0 Å². The summed E-state index contributed by atoms with van der Waals surface area (Å²) in [5, 5.41) is 16.7. The molecule has 3 nitrogen and oxygen atoms in total. The molecule has 0 fully saturated rings. The Morgan fingerprint density at radius 2 is 1.38 bits per heavy atom. The number of carboxylic acid groups (broad SMARTS) is 2. The standard InChI is InChI=1S/C4H10.CH2O3/c1-3-4-2;2-1(3)4/h3-4H2,1-2H3;(H2,2,3,4)/p-2. The number of unbranched alkanes of at least 4 members (excludes halogenated alkanes) is 1. The summed E-state index contributed by atoms with van der Waals surface area (Å²) in [6, 6.07) is 0. The van der Waals surface area contributed by atoms with Crippen LogP contribution >= 0.6 is 0 Å². The zero-order valence-electron chi connectivity index (χ0n) is 5.14. The molecule has 0 saturated carbocycles. The van der Waals surface area contributed by atoms with E-state index in [1.807, 2.05) is 0 Å². The lowest BCUT2D eigenvalue weighted by Crippen LogP contribution is -2.37. The quantitative estimate of drug-likeness (QED) is 0.460. The van der Waals surface area contributed by atoms with Crippen molar-refractivity contribution in [3.05, 3.63) is 0 Å². The molecule has 0 spiro atoms. The van der Waals surface area contributed by atoms with E-state index in [0.717, 1.165) is 0 Å². The van der Waals surface area contributed by atoms with Crippen LogP contribution in [-0.4, -0.2) is 6.16 Å². The fourth-order valence-corrected chi connectivity index (χ4v) is 0. The van der Waals surface area contributed by atoms with Gasteiger partial charge in [0.05, 0.1) is 0 Å². The van der Waals surface area contributed by atoms with Gasteiger partial charge in [0.15, 0.2) is 0 Å². The summed E-state index contributed by atoms with van der Waals surface area (Å²) in [6.07, 6.45) is 0.306. The number of carbonyl (C=O) groups excluding carboxylic acids is 1. The van der Waals surface area contributed by atoms with Gasteiger partial charge >= 0.3 is 0 Å². The second kappa shape index (κ2) is 9.55. The van der Waals surface area contributed by atoms with Crippen LogP contribution in [0.4, 0.5) is 4.79 Å². The van der Waals surface area contributed by atoms with Crippen LogP contribution in [0.5, 0.6) is 0 Å². The van der Waals surface area contributed by atoms with Gasteiger partial charge in [-0.15, -0.1) is 0 Å². The minimum Gasteiger partial charge on any atom is -0.652 e. The first-order valence-corrected chi connectivity index (χ1v) is 2.53. The topological polar surface area (TPSA) is 63.2 Å². The van der Waals surface area contributed by atoms with Crippen LogP contribution in [0.2, 0.25) is 0 Å². The molecule has 0 amide bonds. The Kier molecular flexibility index (Phi) is 12.3. The van der Waals surface area contributed by atoms with Crippen LogP contribution in [0.3, 0.4) is 0 Å². The third kappa shape index (κ3) is 1320. The summed E-state index contributed by atoms with van der Waals surface area (Å²) in [5.41, 5.74) is 0. The molecule has 0 N–H and O–H groups in total. The normalized spacial score (nSPS) is 6.75. The van der Waals surface area contributed by atoms with Crippen LogP contribution in [0.1, 0.15) is 26.7 Å². The first-order chi connectivity index (χ1) is 3.65. The van der Waals surface area contributed by atoms with E-state index in [-0.39, 0.29) is 0 Å². The largest absolute Gasteiger partial charge is 0.652 e. The fourth-order valence-electron chi connectivity index (χ4n) is 0. The summed E-state index contributed by atoms with van der Waals surface area (Å²) in [7, 11) is 0. The van der Waals surface area contributed by atoms with Gasteiger partial charge in [0.1, 0.15) is 0 Å². The Morgan fingerprint density at radius 3 is 1.38 bits per heavy atom. The van der Waals surface area contributed by atoms with Gasteiger partial charge in [0.2, 0.25) is 0 Å². The monoisotopic (exact) mass is 118 g/mol. The van der Waals surface area contributed by atoms with Crippen molar-refractivity contribution < 1.29 is 15.0 Å². The van der Waals surface area contributed by atoms with Crippen molar-refractivity contribution >= 4 is 6.16 Å². The van der Waals surface area contributed by atoms with Crippen LogP contribution in [0, 0.1) is 0 Å². The zero-order valence-corrected chi connectivity index (χ0v) is 5.14. The highest BCUT2D eigenvalue weighted by Crippen LogP contribution is 1.76. The third-order valence-electron chi connectivity index (χ3n) is 0.500. The van der Waals surface area contributed by atoms with Crippen molar-refractivity contribution in [3.63, 3.8) is 0 Å². The Morgan fingerprint density at radius 1 is 1.25 bits per heavy atom. The summed E-state index contributed by atoms with van der Waals surface area (Å²) in [6.45, 7) is 4.36. The molecule has 50 valence electrons. The number of carbonyl (C=O) groups is 1. The predicted octanol–water partition coefficient (Wildman–Crippen LogP) is -0.641. The smallest absolute Gasteiger partial charge is 0.0431 e. The molecule has 0 radical (unpaired) electrons. The van der Waals surface area contributed by atoms with Gasteiger partial charge in [-0.1, -0.05) is 26.7 Å². The van der Waals surface area contributed by atoms with E-state index < -0.39 is 6.16 Å². The molecular formula is C5H10O3-2. The molecule has 0 aliphatic carbocycles. The van der Waals surface area contributed by atoms with Crippen molar-refractivity contribution in [2.45, 2.75) is 26.7 Å². The van der Waals surface area contributed by atoms with Crippen LogP contribution < -0.4 is 10.2 Å². The molecule has 0 heterocycles. The van der Waals surface area contributed by atoms with E-state index in [9.17, 15) is 0 Å². The van der Waals surface area contributed by atoms with E-state index in [4.69, 9.17) is 15.0 Å². The first kappa shape index (κ1) is 10.3. The summed E-state index contributed by atoms with van der Waals surface area (Å²) < 4.78 is 0. The van der Waals surface area contributed by atoms with Crippen molar-refractivity contribution in [1.82, 2.24) is 0 Å². The lowest BCUT2D eigenvalue weighted by molar-refractivity contribution is -0.415. The van der Waals surface area contributed by atoms with Gasteiger partial charge in [-0.05, 0) is 6.16 Å². The molecule has 0 aliphatic rings. The highest BCUT2D eigenvalue weighted by atomic mass is 16.6. The maximum atomic E-state index is 8.33. The molecule has 0 aromatic rings. The van der Waals surface area contributed by atoms with E-state index in [1.165, 1.54) is 12.8 Å². The molecule has 0 saturated heterocycles. The van der Waals surface area contributed by atoms with E-state index in [2.05, 4.69) is 13.8 Å². The maximum Gasteiger partial charge on any atom is -0.0431 e. The van der Waals surface area contributed by atoms with Gasteiger partial charge in [-0.3, -0.25) is 0 Å². The van der Waals surface area contributed by atoms with Crippen LogP contribution in [0.25, 0.3) is 0 Å². The number of hydrogen-bond donors (Lipinski definition) is 0. The minimum atomic E-state index is -2.33. The molecule has 8 heavy (non-hydrogen) atoms. The van der Waals surface area contributed by atoms with Gasteiger partial charge in [-0.25, -0.2) is 0 Å². The van der Waals surface area contributed by atoms with Gasteiger partial charge in [0, 0.05) is 0 Å². The lowest BCUT2D eigenvalue weighted by Gasteiger charge is -1.96. The Hall–Kier alpha value is -0.730. The summed E-state index contributed by atoms with van der Waals surface area (Å²) in [4.78, 5) is 8.33. The fraction of sp³-hybridized carbons (Fsp3) is 0.800. The molecule has 0 unspecified atom stereocenters. The predicted molar refractivity (Wildman–Crippen MR) is 26.0 cm³/mol. The maximum absolute atomic E-state index is 8.33. The molecule has 3 heteroatoms. The molecule has 0 aromatic heterocycles. The average molecular weight is 118 g/mol.